The summed E-state index contributed by atoms with van der Waals surface area (Å²) in [4.78, 5) is 2.18. The highest BCUT2D eigenvalue weighted by atomic mass is 32.2. The molecule has 0 spiro atoms. The molecule has 2 bridgehead atoms. The minimum absolute atomic E-state index is 0.0241. The lowest BCUT2D eigenvalue weighted by Crippen LogP contribution is -2.59. The average molecular weight is 447 g/mol. The molecule has 4 nitrogen and oxygen atoms in total. The van der Waals surface area contributed by atoms with Gasteiger partial charge < -0.3 is 19.3 Å². The molecular formula is C27H26O4S. The molecule has 0 unspecified atom stereocenters. The fourth-order valence-electron chi connectivity index (χ4n) is 4.81. The Kier molecular flexibility index (Phi) is 4.75. The highest BCUT2D eigenvalue weighted by Gasteiger charge is 2.50. The molecule has 4 heterocycles. The van der Waals surface area contributed by atoms with Gasteiger partial charge in [0, 0.05) is 32.8 Å². The molecule has 7 rings (SSSR count). The Morgan fingerprint density at radius 3 is 1.88 bits per heavy atom. The highest BCUT2D eigenvalue weighted by Crippen LogP contribution is 2.50. The quantitative estimate of drug-likeness (QED) is 0.604. The number of fused-ring (bicyclic) bond motifs is 5. The molecule has 32 heavy (non-hydrogen) atoms. The van der Waals surface area contributed by atoms with Gasteiger partial charge in [0.2, 0.25) is 0 Å². The van der Waals surface area contributed by atoms with E-state index in [0.29, 0.717) is 26.2 Å². The lowest BCUT2D eigenvalue weighted by Gasteiger charge is -2.50. The number of benzene rings is 3. The van der Waals surface area contributed by atoms with E-state index in [1.165, 1.54) is 0 Å². The minimum Gasteiger partial charge on any atom is -0.376 e. The first-order chi connectivity index (χ1) is 15.5. The number of hydrogen-bond donors (Lipinski definition) is 1. The molecule has 0 atom stereocenters. The van der Waals surface area contributed by atoms with Gasteiger partial charge in [0.15, 0.2) is 0 Å². The van der Waals surface area contributed by atoms with E-state index < -0.39 is 11.6 Å². The van der Waals surface area contributed by atoms with Crippen LogP contribution in [0.4, 0.5) is 0 Å². The van der Waals surface area contributed by atoms with Gasteiger partial charge in [-0.3, -0.25) is 0 Å². The number of hydrogen-bond acceptors (Lipinski definition) is 5. The molecule has 3 saturated heterocycles. The topological polar surface area (TPSA) is 47.9 Å². The molecule has 3 aromatic carbocycles. The van der Waals surface area contributed by atoms with Crippen molar-refractivity contribution in [1.82, 2.24) is 0 Å². The molecule has 0 aliphatic carbocycles. The molecule has 1 N–H and O–H groups in total. The van der Waals surface area contributed by atoms with Crippen LogP contribution < -0.4 is 0 Å². The third kappa shape index (κ3) is 3.23. The fraction of sp³-hybridized carbons (Fsp3) is 0.333. The maximum absolute atomic E-state index is 12.1. The van der Waals surface area contributed by atoms with Crippen molar-refractivity contribution >= 4 is 11.8 Å². The van der Waals surface area contributed by atoms with Crippen LogP contribution in [0.2, 0.25) is 0 Å². The molecule has 4 aliphatic heterocycles. The summed E-state index contributed by atoms with van der Waals surface area (Å²) in [6.07, 6.45) is 1.42. The van der Waals surface area contributed by atoms with Crippen LogP contribution in [-0.4, -0.2) is 30.9 Å². The van der Waals surface area contributed by atoms with Crippen molar-refractivity contribution in [2.45, 2.75) is 41.1 Å². The van der Waals surface area contributed by atoms with Gasteiger partial charge in [0.1, 0.15) is 5.60 Å². The molecule has 4 aliphatic rings. The van der Waals surface area contributed by atoms with Crippen LogP contribution in [-0.2, 0) is 26.2 Å². The van der Waals surface area contributed by atoms with E-state index in [0.717, 1.165) is 38.5 Å². The predicted molar refractivity (Wildman–Crippen MR) is 123 cm³/mol. The maximum atomic E-state index is 12.1. The summed E-state index contributed by atoms with van der Waals surface area (Å²) in [5.41, 5.74) is 2.69. The zero-order valence-corrected chi connectivity index (χ0v) is 18.9. The van der Waals surface area contributed by atoms with Crippen LogP contribution in [0, 0.1) is 5.41 Å². The highest BCUT2D eigenvalue weighted by molar-refractivity contribution is 7.99. The van der Waals surface area contributed by atoms with Gasteiger partial charge in [-0.2, -0.15) is 0 Å². The van der Waals surface area contributed by atoms with Crippen molar-refractivity contribution in [1.29, 1.82) is 0 Å². The normalized spacial score (nSPS) is 27.6. The van der Waals surface area contributed by atoms with Gasteiger partial charge >= 0.3 is 0 Å². The third-order valence-corrected chi connectivity index (χ3v) is 7.94. The van der Waals surface area contributed by atoms with Crippen molar-refractivity contribution in [3.05, 3.63) is 95.1 Å². The summed E-state index contributed by atoms with van der Waals surface area (Å²) in [7, 11) is 0. The Hall–Kier alpha value is -2.15. The monoisotopic (exact) mass is 446 g/mol. The standard InChI is InChI=1S/C27H26O4S/c1-25-16-29-26(30-17-25,31-18-25)15-14-19-10-12-20(13-11-19)27(28)21-6-2-4-8-23(21)32-24-9-5-3-7-22(24)27/h2-13,28H,14-18H2,1H3. The summed E-state index contributed by atoms with van der Waals surface area (Å²) in [6, 6.07) is 24.5. The van der Waals surface area contributed by atoms with Gasteiger partial charge in [0.25, 0.3) is 5.97 Å². The van der Waals surface area contributed by atoms with Crippen molar-refractivity contribution in [3.8, 4) is 0 Å². The number of aryl methyl sites for hydroxylation is 1. The SMILES string of the molecule is CC12COC(CCc3ccc(C4(O)c5ccccc5Sc5ccccc54)cc3)(OC1)OC2. The van der Waals surface area contributed by atoms with Crippen molar-refractivity contribution in [2.24, 2.45) is 5.41 Å². The van der Waals surface area contributed by atoms with Crippen LogP contribution in [0.3, 0.4) is 0 Å². The molecule has 0 saturated carbocycles. The first-order valence-corrected chi connectivity index (χ1v) is 11.9. The van der Waals surface area contributed by atoms with Crippen molar-refractivity contribution in [3.63, 3.8) is 0 Å². The zero-order valence-electron chi connectivity index (χ0n) is 18.0. The van der Waals surface area contributed by atoms with Crippen molar-refractivity contribution in [2.75, 3.05) is 19.8 Å². The first kappa shape index (κ1) is 20.5. The second kappa shape index (κ2) is 7.44. The van der Waals surface area contributed by atoms with E-state index in [-0.39, 0.29) is 5.41 Å². The first-order valence-electron chi connectivity index (χ1n) is 11.1. The van der Waals surface area contributed by atoms with Gasteiger partial charge in [-0.15, -0.1) is 0 Å². The lowest BCUT2D eigenvalue weighted by atomic mass is 9.79. The number of aliphatic hydroxyl groups is 1. The van der Waals surface area contributed by atoms with E-state index in [4.69, 9.17) is 14.2 Å². The van der Waals surface area contributed by atoms with Crippen LogP contribution >= 0.6 is 11.8 Å². The predicted octanol–water partition coefficient (Wildman–Crippen LogP) is 5.11. The van der Waals surface area contributed by atoms with Gasteiger partial charge in [-0.05, 0) is 29.7 Å². The summed E-state index contributed by atoms with van der Waals surface area (Å²) < 4.78 is 17.7. The summed E-state index contributed by atoms with van der Waals surface area (Å²) in [5, 5.41) is 12.1. The van der Waals surface area contributed by atoms with Crippen LogP contribution in [0.5, 0.6) is 0 Å². The zero-order chi connectivity index (χ0) is 21.8. The van der Waals surface area contributed by atoms with E-state index in [1.807, 2.05) is 48.5 Å². The second-order valence-electron chi connectivity index (χ2n) is 9.36. The molecule has 0 aromatic heterocycles. The number of ether oxygens (including phenoxy) is 3. The Labute approximate surface area is 192 Å². The average Bonchev–Trinajstić information content (AvgIpc) is 2.84. The number of rotatable bonds is 4. The van der Waals surface area contributed by atoms with Crippen LogP contribution in [0.25, 0.3) is 0 Å². The molecule has 164 valence electrons. The van der Waals surface area contributed by atoms with E-state index >= 15 is 0 Å². The summed E-state index contributed by atoms with van der Waals surface area (Å²) in [6.45, 7) is 4.15. The summed E-state index contributed by atoms with van der Waals surface area (Å²) in [5.74, 6) is -0.910. The second-order valence-corrected chi connectivity index (χ2v) is 10.4. The Balaban J connectivity index is 1.28. The van der Waals surface area contributed by atoms with Gasteiger partial charge in [0.05, 0.1) is 19.8 Å². The third-order valence-electron chi connectivity index (χ3n) is 6.79. The molecule has 5 heteroatoms. The molecule has 3 fully saturated rings. The Morgan fingerprint density at radius 2 is 1.31 bits per heavy atom. The molecule has 0 radical (unpaired) electrons. The van der Waals surface area contributed by atoms with Gasteiger partial charge in [-0.25, -0.2) is 0 Å². The van der Waals surface area contributed by atoms with Crippen molar-refractivity contribution < 1.29 is 19.3 Å². The fourth-order valence-corrected chi connectivity index (χ4v) is 5.99. The molecule has 3 aromatic rings. The Bertz CT molecular complexity index is 1090. The largest absolute Gasteiger partial charge is 0.376 e. The van der Waals surface area contributed by atoms with E-state index in [1.54, 1.807) is 11.8 Å². The molecule has 0 amide bonds. The van der Waals surface area contributed by atoms with Crippen LogP contribution in [0.1, 0.15) is 35.6 Å². The van der Waals surface area contributed by atoms with Crippen LogP contribution in [0.15, 0.2) is 82.6 Å². The van der Waals surface area contributed by atoms with E-state index in [9.17, 15) is 5.11 Å². The maximum Gasteiger partial charge on any atom is 0.283 e. The summed E-state index contributed by atoms with van der Waals surface area (Å²) >= 11 is 1.71. The Morgan fingerprint density at radius 1 is 0.781 bits per heavy atom. The van der Waals surface area contributed by atoms with Gasteiger partial charge in [-0.1, -0.05) is 79.3 Å². The van der Waals surface area contributed by atoms with E-state index in [2.05, 4.69) is 31.2 Å². The lowest BCUT2D eigenvalue weighted by molar-refractivity contribution is -0.467. The molecular weight excluding hydrogens is 420 g/mol. The smallest absolute Gasteiger partial charge is 0.283 e. The minimum atomic E-state index is -1.18.